The number of rotatable bonds is 6. The molecule has 2 fully saturated rings. The Morgan fingerprint density at radius 1 is 1.26 bits per heavy atom. The van der Waals surface area contributed by atoms with Gasteiger partial charge in [0.05, 0.1) is 12.5 Å². The van der Waals surface area contributed by atoms with Gasteiger partial charge in [0.2, 0.25) is 11.8 Å². The van der Waals surface area contributed by atoms with Gasteiger partial charge in [0.25, 0.3) is 0 Å². The van der Waals surface area contributed by atoms with Crippen molar-refractivity contribution in [2.75, 3.05) is 6.54 Å². The lowest BCUT2D eigenvalue weighted by Crippen LogP contribution is -2.43. The molecule has 2 aliphatic rings. The highest BCUT2D eigenvalue weighted by atomic mass is 16.2. The van der Waals surface area contributed by atoms with Crippen molar-refractivity contribution >= 4 is 11.8 Å². The van der Waals surface area contributed by atoms with E-state index in [4.69, 9.17) is 6.42 Å². The summed E-state index contributed by atoms with van der Waals surface area (Å²) in [5, 5.41) is 3.19. The molecule has 0 spiro atoms. The summed E-state index contributed by atoms with van der Waals surface area (Å²) in [7, 11) is 0. The van der Waals surface area contributed by atoms with Crippen molar-refractivity contribution in [2.45, 2.75) is 63.5 Å². The van der Waals surface area contributed by atoms with Gasteiger partial charge < -0.3 is 5.32 Å². The molecular formula is C15H22N2O2. The predicted molar refractivity (Wildman–Crippen MR) is 73.2 cm³/mol. The van der Waals surface area contributed by atoms with E-state index in [1.54, 1.807) is 0 Å². The molecule has 0 aromatic carbocycles. The van der Waals surface area contributed by atoms with Crippen molar-refractivity contribution in [1.82, 2.24) is 10.2 Å². The molecule has 1 atom stereocenters. The first-order chi connectivity index (χ1) is 9.24. The van der Waals surface area contributed by atoms with Crippen LogP contribution in [0.15, 0.2) is 0 Å². The summed E-state index contributed by atoms with van der Waals surface area (Å²) in [5.41, 5.74) is 0. The Balaban J connectivity index is 1.79. The fourth-order valence-electron chi connectivity index (χ4n) is 2.98. The molecule has 1 unspecified atom stereocenters. The van der Waals surface area contributed by atoms with Gasteiger partial charge in [0.15, 0.2) is 0 Å². The third-order valence-electron chi connectivity index (χ3n) is 4.01. The van der Waals surface area contributed by atoms with Gasteiger partial charge in [-0.3, -0.25) is 14.5 Å². The second-order valence-corrected chi connectivity index (χ2v) is 5.41. The molecule has 104 valence electrons. The summed E-state index contributed by atoms with van der Waals surface area (Å²) in [5.74, 6) is 2.58. The van der Waals surface area contributed by atoms with Crippen LogP contribution in [0.5, 0.6) is 0 Å². The topological polar surface area (TPSA) is 49.4 Å². The molecule has 4 heteroatoms. The van der Waals surface area contributed by atoms with E-state index in [9.17, 15) is 9.59 Å². The summed E-state index contributed by atoms with van der Waals surface area (Å²) in [4.78, 5) is 25.7. The fourth-order valence-corrected chi connectivity index (χ4v) is 2.98. The summed E-state index contributed by atoms with van der Waals surface area (Å²) < 4.78 is 0. The van der Waals surface area contributed by atoms with Crippen molar-refractivity contribution in [3.8, 4) is 12.3 Å². The average molecular weight is 262 g/mol. The minimum atomic E-state index is -0.307. The molecule has 0 aromatic heterocycles. The Morgan fingerprint density at radius 2 is 2.00 bits per heavy atom. The first-order valence-electron chi connectivity index (χ1n) is 7.27. The molecule has 0 bridgehead atoms. The largest absolute Gasteiger partial charge is 0.305 e. The maximum atomic E-state index is 12.2. The first-order valence-corrected chi connectivity index (χ1v) is 7.27. The first kappa shape index (κ1) is 14.1. The maximum Gasteiger partial charge on any atom is 0.247 e. The lowest BCUT2D eigenvalue weighted by Gasteiger charge is -2.22. The number of likely N-dealkylation sites (tertiary alicyclic amines) is 1. The van der Waals surface area contributed by atoms with E-state index in [2.05, 4.69) is 11.2 Å². The minimum absolute atomic E-state index is 0.00183. The molecule has 2 rings (SSSR count). The molecule has 1 saturated carbocycles. The predicted octanol–water partition coefficient (Wildman–Crippen LogP) is 1.45. The van der Waals surface area contributed by atoms with Crippen LogP contribution in [-0.2, 0) is 9.59 Å². The summed E-state index contributed by atoms with van der Waals surface area (Å²) in [6.45, 7) is 0.754. The molecule has 0 radical (unpaired) electrons. The Hall–Kier alpha value is -1.34. The van der Waals surface area contributed by atoms with E-state index in [0.29, 0.717) is 6.42 Å². The van der Waals surface area contributed by atoms with Crippen molar-refractivity contribution in [1.29, 1.82) is 0 Å². The molecular weight excluding hydrogens is 240 g/mol. The van der Waals surface area contributed by atoms with E-state index in [1.165, 1.54) is 4.90 Å². The highest BCUT2D eigenvalue weighted by molar-refractivity contribution is 6.05. The van der Waals surface area contributed by atoms with Gasteiger partial charge in [-0.05, 0) is 32.2 Å². The van der Waals surface area contributed by atoms with Crippen LogP contribution in [0.1, 0.15) is 51.4 Å². The van der Waals surface area contributed by atoms with Gasteiger partial charge in [-0.25, -0.2) is 0 Å². The number of imide groups is 1. The standard InChI is InChI=1S/C15H22N2O2/c1-2-3-4-7-10-16-13-11-14(18)17(15(13)19)12-8-5-6-9-12/h1,12-13,16H,3-11H2. The number of carbonyl (C=O) groups is 2. The molecule has 1 saturated heterocycles. The quantitative estimate of drug-likeness (QED) is 0.448. The van der Waals surface area contributed by atoms with Crippen molar-refractivity contribution in [2.24, 2.45) is 0 Å². The lowest BCUT2D eigenvalue weighted by atomic mass is 10.2. The SMILES string of the molecule is C#CCCCCNC1CC(=O)N(C2CCCC2)C1=O. The molecule has 0 aromatic rings. The Labute approximate surface area is 114 Å². The molecule has 19 heavy (non-hydrogen) atoms. The van der Waals surface area contributed by atoms with Gasteiger partial charge in [0, 0.05) is 12.5 Å². The van der Waals surface area contributed by atoms with E-state index >= 15 is 0 Å². The Bertz CT molecular complexity index is 380. The number of hydrogen-bond acceptors (Lipinski definition) is 3. The van der Waals surface area contributed by atoms with Crippen LogP contribution in [0.3, 0.4) is 0 Å². The second kappa shape index (κ2) is 6.72. The monoisotopic (exact) mass is 262 g/mol. The van der Waals surface area contributed by atoms with Crippen LogP contribution >= 0.6 is 0 Å². The minimum Gasteiger partial charge on any atom is -0.305 e. The molecule has 1 aliphatic carbocycles. The van der Waals surface area contributed by atoms with E-state index in [0.717, 1.165) is 51.5 Å². The smallest absolute Gasteiger partial charge is 0.247 e. The number of amides is 2. The zero-order valence-corrected chi connectivity index (χ0v) is 11.4. The third-order valence-corrected chi connectivity index (χ3v) is 4.01. The van der Waals surface area contributed by atoms with Gasteiger partial charge in [-0.1, -0.05) is 12.8 Å². The molecule has 4 nitrogen and oxygen atoms in total. The number of nitrogens with zero attached hydrogens (tertiary/aromatic N) is 1. The van der Waals surface area contributed by atoms with Gasteiger partial charge >= 0.3 is 0 Å². The third kappa shape index (κ3) is 3.36. The fraction of sp³-hybridized carbons (Fsp3) is 0.733. The van der Waals surface area contributed by atoms with E-state index in [-0.39, 0.29) is 23.9 Å². The van der Waals surface area contributed by atoms with Crippen LogP contribution in [0.4, 0.5) is 0 Å². The maximum absolute atomic E-state index is 12.2. The Morgan fingerprint density at radius 3 is 2.68 bits per heavy atom. The van der Waals surface area contributed by atoms with Crippen LogP contribution in [0.2, 0.25) is 0 Å². The normalized spacial score (nSPS) is 24.2. The number of hydrogen-bond donors (Lipinski definition) is 1. The Kier molecular flexibility index (Phi) is 4.98. The molecule has 1 aliphatic heterocycles. The molecule has 1 heterocycles. The number of terminal acetylenes is 1. The lowest BCUT2D eigenvalue weighted by molar-refractivity contribution is -0.141. The summed E-state index contributed by atoms with van der Waals surface area (Å²) >= 11 is 0. The van der Waals surface area contributed by atoms with Gasteiger partial charge in [-0.15, -0.1) is 12.3 Å². The van der Waals surface area contributed by atoms with Crippen LogP contribution < -0.4 is 5.32 Å². The zero-order chi connectivity index (χ0) is 13.7. The second-order valence-electron chi connectivity index (χ2n) is 5.41. The van der Waals surface area contributed by atoms with E-state index in [1.807, 2.05) is 0 Å². The van der Waals surface area contributed by atoms with Crippen LogP contribution in [0.25, 0.3) is 0 Å². The average Bonchev–Trinajstić information content (AvgIpc) is 2.98. The van der Waals surface area contributed by atoms with Gasteiger partial charge in [0.1, 0.15) is 0 Å². The van der Waals surface area contributed by atoms with Gasteiger partial charge in [-0.2, -0.15) is 0 Å². The number of unbranched alkanes of at least 4 members (excludes halogenated alkanes) is 2. The van der Waals surface area contributed by atoms with Crippen LogP contribution in [0, 0.1) is 12.3 Å². The highest BCUT2D eigenvalue weighted by Crippen LogP contribution is 2.28. The number of nitrogens with one attached hydrogen (secondary N) is 1. The van der Waals surface area contributed by atoms with Crippen molar-refractivity contribution in [3.05, 3.63) is 0 Å². The summed E-state index contributed by atoms with van der Waals surface area (Å²) in [6.07, 6.45) is 12.4. The highest BCUT2D eigenvalue weighted by Gasteiger charge is 2.42. The van der Waals surface area contributed by atoms with Crippen molar-refractivity contribution in [3.63, 3.8) is 0 Å². The summed E-state index contributed by atoms with van der Waals surface area (Å²) in [6, 6.07) is -0.146. The van der Waals surface area contributed by atoms with Crippen LogP contribution in [-0.4, -0.2) is 35.3 Å². The molecule has 1 N–H and O–H groups in total. The number of carbonyl (C=O) groups excluding carboxylic acids is 2. The van der Waals surface area contributed by atoms with E-state index < -0.39 is 0 Å². The molecule has 2 amide bonds. The zero-order valence-electron chi connectivity index (χ0n) is 11.4. The van der Waals surface area contributed by atoms with Crippen molar-refractivity contribution < 1.29 is 9.59 Å².